The van der Waals surface area contributed by atoms with Crippen molar-refractivity contribution >= 4 is 24.9 Å². The average molecular weight is 407 g/mol. The Morgan fingerprint density at radius 2 is 2.04 bits per heavy atom. The van der Waals surface area contributed by atoms with Gasteiger partial charge in [-0.3, -0.25) is 18.5 Å². The van der Waals surface area contributed by atoms with Crippen LogP contribution < -0.4 is 11.3 Å². The van der Waals surface area contributed by atoms with Crippen LogP contribution in [0.5, 0.6) is 0 Å². The van der Waals surface area contributed by atoms with Crippen LogP contribution in [0.1, 0.15) is 6.23 Å². The molecule has 150 valence electrons. The van der Waals surface area contributed by atoms with Crippen LogP contribution in [0, 0.1) is 0 Å². The summed E-state index contributed by atoms with van der Waals surface area (Å²) < 4.78 is 23.2. The van der Waals surface area contributed by atoms with Crippen molar-refractivity contribution in [2.24, 2.45) is 7.05 Å². The van der Waals surface area contributed by atoms with Crippen LogP contribution in [0.15, 0.2) is 11.1 Å². The molecule has 2 aromatic heterocycles. The lowest BCUT2D eigenvalue weighted by molar-refractivity contribution is -0.246. The number of aliphatic hydroxyl groups is 3. The molecule has 0 aliphatic carbocycles. The molecule has 27 heavy (non-hydrogen) atoms. The molecule has 1 fully saturated rings. The zero-order chi connectivity index (χ0) is 20.1. The van der Waals surface area contributed by atoms with Gasteiger partial charge in [-0.15, -0.1) is 0 Å². The van der Waals surface area contributed by atoms with Crippen LogP contribution in [0.2, 0.25) is 0 Å². The normalized spacial score (nSPS) is 29.3. The minimum atomic E-state index is -5.09. The monoisotopic (exact) mass is 407 g/mol. The highest BCUT2D eigenvalue weighted by Crippen LogP contribution is 2.43. The number of nitrogen functional groups attached to an aromatic ring is 1. The van der Waals surface area contributed by atoms with E-state index in [0.717, 1.165) is 15.5 Å². The molecule has 1 saturated heterocycles. The van der Waals surface area contributed by atoms with Gasteiger partial charge in [-0.1, -0.05) is 0 Å². The molecular weight excluding hydrogens is 389 g/mol. The van der Waals surface area contributed by atoms with E-state index < -0.39 is 50.6 Å². The summed E-state index contributed by atoms with van der Waals surface area (Å²) >= 11 is 0. The summed E-state index contributed by atoms with van der Waals surface area (Å²) in [7, 11) is -3.70. The summed E-state index contributed by atoms with van der Waals surface area (Å²) in [5.41, 5.74) is 4.94. The summed E-state index contributed by atoms with van der Waals surface area (Å²) in [5.74, 6) is -0.152. The molecule has 0 radical (unpaired) electrons. The second-order valence-electron chi connectivity index (χ2n) is 5.95. The Morgan fingerprint density at radius 3 is 2.63 bits per heavy atom. The fraction of sp³-hybridized carbons (Fsp3) is 0.583. The van der Waals surface area contributed by atoms with Gasteiger partial charge < -0.3 is 35.6 Å². The van der Waals surface area contributed by atoms with Crippen LogP contribution in [0.3, 0.4) is 0 Å². The van der Waals surface area contributed by atoms with Gasteiger partial charge in [-0.05, 0) is 0 Å². The van der Waals surface area contributed by atoms with E-state index in [4.69, 9.17) is 20.3 Å². The Labute approximate surface area is 150 Å². The molecule has 0 saturated carbocycles. The molecule has 15 heteroatoms. The number of hydrogen-bond donors (Lipinski definition) is 6. The Kier molecular flexibility index (Phi) is 5.09. The number of aliphatic hydroxyl groups excluding tert-OH is 3. The number of imidazole rings is 1. The SMILES string of the molecule is Cn1c(N)nc2c(ncn2[C@@H]2O[C@H](CO)[C@@H](O)[C@H](OP(=O)(O)O)[C@H]2O)c1=O. The molecule has 0 aromatic carbocycles. The number of phosphoric acid groups is 1. The second kappa shape index (κ2) is 6.92. The molecule has 3 heterocycles. The first kappa shape index (κ1) is 19.9. The van der Waals surface area contributed by atoms with Gasteiger partial charge in [0.15, 0.2) is 17.4 Å². The van der Waals surface area contributed by atoms with E-state index in [0.29, 0.717) is 0 Å². The lowest BCUT2D eigenvalue weighted by Crippen LogP contribution is -2.57. The number of rotatable bonds is 4. The molecule has 0 unspecified atom stereocenters. The summed E-state index contributed by atoms with van der Waals surface area (Å²) in [6, 6.07) is 0. The van der Waals surface area contributed by atoms with Crippen molar-refractivity contribution in [3.05, 3.63) is 16.7 Å². The van der Waals surface area contributed by atoms with Crippen molar-refractivity contribution in [3.63, 3.8) is 0 Å². The van der Waals surface area contributed by atoms with E-state index in [2.05, 4.69) is 14.5 Å². The maximum Gasteiger partial charge on any atom is 0.470 e. The molecule has 0 spiro atoms. The third-order valence-electron chi connectivity index (χ3n) is 4.21. The number of nitrogens with two attached hydrogens (primary N) is 1. The van der Waals surface area contributed by atoms with Gasteiger partial charge in [0, 0.05) is 7.05 Å². The smallest absolute Gasteiger partial charge is 0.394 e. The number of nitrogens with zero attached hydrogens (tertiary/aromatic N) is 4. The number of hydrogen-bond acceptors (Lipinski definition) is 10. The molecule has 1 aliphatic rings. The van der Waals surface area contributed by atoms with Gasteiger partial charge in [0.05, 0.1) is 12.9 Å². The maximum absolute atomic E-state index is 12.2. The van der Waals surface area contributed by atoms with E-state index in [9.17, 15) is 24.7 Å². The largest absolute Gasteiger partial charge is 0.470 e. The molecule has 7 N–H and O–H groups in total. The molecule has 2 aromatic rings. The van der Waals surface area contributed by atoms with Crippen molar-refractivity contribution in [2.45, 2.75) is 30.6 Å². The molecular formula is C12H18N5O9P. The summed E-state index contributed by atoms with van der Waals surface area (Å²) in [6.07, 6.45) is -7.03. The number of fused-ring (bicyclic) bond motifs is 1. The fourth-order valence-corrected chi connectivity index (χ4v) is 3.40. The van der Waals surface area contributed by atoms with Gasteiger partial charge in [0.2, 0.25) is 5.95 Å². The number of phosphoric ester groups is 1. The number of anilines is 1. The second-order valence-corrected chi connectivity index (χ2v) is 7.14. The lowest BCUT2D eigenvalue weighted by Gasteiger charge is -2.42. The van der Waals surface area contributed by atoms with Crippen LogP contribution >= 0.6 is 7.82 Å². The highest BCUT2D eigenvalue weighted by atomic mass is 31.2. The Bertz CT molecular complexity index is 955. The zero-order valence-electron chi connectivity index (χ0n) is 13.9. The van der Waals surface area contributed by atoms with Gasteiger partial charge in [-0.2, -0.15) is 4.98 Å². The summed E-state index contributed by atoms with van der Waals surface area (Å²) in [6.45, 7) is -0.741. The minimum absolute atomic E-state index is 0.0670. The van der Waals surface area contributed by atoms with Gasteiger partial charge in [0.25, 0.3) is 5.56 Å². The van der Waals surface area contributed by atoms with E-state index >= 15 is 0 Å². The Hall–Kier alpha value is -1.90. The third kappa shape index (κ3) is 3.49. The number of aromatic nitrogens is 4. The standard InChI is InChI=1S/C12H18N5O9P/c1-16-10(21)5-9(15-12(16)13)17(3-14-5)11-7(20)8(26-27(22,23)24)6(19)4(2-18)25-11/h3-4,6-8,11,18-20H,2H2,1H3,(H2,13,15)(H2,22,23,24)/t4-,6-,7-,8+,11-/m1/s1. The maximum atomic E-state index is 12.2. The van der Waals surface area contributed by atoms with Crippen LogP contribution in [0.4, 0.5) is 5.95 Å². The van der Waals surface area contributed by atoms with E-state index in [-0.39, 0.29) is 17.1 Å². The number of ether oxygens (including phenoxy) is 1. The van der Waals surface area contributed by atoms with Crippen molar-refractivity contribution in [2.75, 3.05) is 12.3 Å². The predicted octanol–water partition coefficient (Wildman–Crippen LogP) is -3.20. The first-order valence-electron chi connectivity index (χ1n) is 7.60. The molecule has 0 amide bonds. The summed E-state index contributed by atoms with van der Waals surface area (Å²) in [5, 5.41) is 29.9. The van der Waals surface area contributed by atoms with Crippen molar-refractivity contribution in [3.8, 4) is 0 Å². The van der Waals surface area contributed by atoms with E-state index in [1.807, 2.05) is 0 Å². The molecule has 3 rings (SSSR count). The van der Waals surface area contributed by atoms with E-state index in [1.54, 1.807) is 0 Å². The van der Waals surface area contributed by atoms with Gasteiger partial charge in [0.1, 0.15) is 24.4 Å². The Morgan fingerprint density at radius 1 is 1.37 bits per heavy atom. The van der Waals surface area contributed by atoms with Crippen molar-refractivity contribution in [1.29, 1.82) is 0 Å². The molecule has 0 bridgehead atoms. The average Bonchev–Trinajstić information content (AvgIpc) is 2.99. The zero-order valence-corrected chi connectivity index (χ0v) is 14.7. The molecule has 14 nitrogen and oxygen atoms in total. The highest BCUT2D eigenvalue weighted by molar-refractivity contribution is 7.46. The van der Waals surface area contributed by atoms with E-state index in [1.165, 1.54) is 7.05 Å². The Balaban J connectivity index is 2.09. The fourth-order valence-electron chi connectivity index (χ4n) is 2.83. The first-order valence-corrected chi connectivity index (χ1v) is 9.13. The van der Waals surface area contributed by atoms with Crippen LogP contribution in [-0.4, -0.2) is 75.2 Å². The predicted molar refractivity (Wildman–Crippen MR) is 87.1 cm³/mol. The minimum Gasteiger partial charge on any atom is -0.394 e. The van der Waals surface area contributed by atoms with Crippen molar-refractivity contribution in [1.82, 2.24) is 19.1 Å². The lowest BCUT2D eigenvalue weighted by atomic mass is 9.98. The highest BCUT2D eigenvalue weighted by Gasteiger charge is 2.48. The quantitative estimate of drug-likeness (QED) is 0.276. The van der Waals surface area contributed by atoms with Crippen LogP contribution in [0.25, 0.3) is 11.2 Å². The van der Waals surface area contributed by atoms with Gasteiger partial charge >= 0.3 is 7.82 Å². The first-order chi connectivity index (χ1) is 12.5. The third-order valence-corrected chi connectivity index (χ3v) is 4.73. The topological polar surface area (TPSA) is 215 Å². The van der Waals surface area contributed by atoms with Gasteiger partial charge in [-0.25, -0.2) is 9.55 Å². The van der Waals surface area contributed by atoms with Crippen molar-refractivity contribution < 1.29 is 38.9 Å². The van der Waals surface area contributed by atoms with Crippen LogP contribution in [-0.2, 0) is 20.9 Å². The molecule has 1 aliphatic heterocycles. The summed E-state index contributed by atoms with van der Waals surface area (Å²) in [4.78, 5) is 38.2. The molecule has 5 atom stereocenters.